The molecular weight excluding hydrogens is 250 g/mol. The van der Waals surface area contributed by atoms with Crippen LogP contribution in [0, 0.1) is 0 Å². The second-order valence-corrected chi connectivity index (χ2v) is 5.95. The molecule has 1 rings (SSSR count). The predicted octanol–water partition coefficient (Wildman–Crippen LogP) is 1.88. The van der Waals surface area contributed by atoms with E-state index < -0.39 is 23.2 Å². The zero-order chi connectivity index (χ0) is 14.8. The Kier molecular flexibility index (Phi) is 4.45. The van der Waals surface area contributed by atoms with E-state index in [1.54, 1.807) is 20.8 Å². The van der Waals surface area contributed by atoms with Gasteiger partial charge in [0.2, 0.25) is 0 Å². The van der Waals surface area contributed by atoms with Crippen LogP contribution in [-0.4, -0.2) is 52.5 Å². The second kappa shape index (κ2) is 5.36. The van der Waals surface area contributed by atoms with Crippen LogP contribution in [0.5, 0.6) is 0 Å². The Morgan fingerprint density at radius 2 is 2.00 bits per heavy atom. The van der Waals surface area contributed by atoms with E-state index in [0.717, 1.165) is 0 Å². The fraction of sp³-hybridized carbons (Fsp3) is 0.846. The Balaban J connectivity index is 2.89. The van der Waals surface area contributed by atoms with Gasteiger partial charge in [-0.3, -0.25) is 4.90 Å². The topological polar surface area (TPSA) is 76.1 Å². The van der Waals surface area contributed by atoms with Crippen LogP contribution in [0.2, 0.25) is 0 Å². The largest absolute Gasteiger partial charge is 0.480 e. The van der Waals surface area contributed by atoms with E-state index in [2.05, 4.69) is 0 Å². The number of amides is 1. The van der Waals surface area contributed by atoms with Crippen molar-refractivity contribution in [2.45, 2.75) is 58.3 Å². The Morgan fingerprint density at radius 1 is 1.42 bits per heavy atom. The highest BCUT2D eigenvalue weighted by Gasteiger charge is 2.51. The summed E-state index contributed by atoms with van der Waals surface area (Å²) in [5.41, 5.74) is -1.93. The number of aliphatic carboxylic acids is 1. The molecule has 0 aromatic carbocycles. The van der Waals surface area contributed by atoms with Crippen LogP contribution in [0.1, 0.15) is 41.0 Å². The number of carbonyl (C=O) groups excluding carboxylic acids is 1. The van der Waals surface area contributed by atoms with Crippen LogP contribution in [0.25, 0.3) is 0 Å². The number of ether oxygens (including phenoxy) is 2. The van der Waals surface area contributed by atoms with Crippen molar-refractivity contribution in [2.75, 3.05) is 13.2 Å². The van der Waals surface area contributed by atoms with Gasteiger partial charge in [0, 0.05) is 13.0 Å². The van der Waals surface area contributed by atoms with E-state index in [1.807, 2.05) is 6.92 Å². The first-order chi connectivity index (χ1) is 8.60. The molecule has 1 aliphatic heterocycles. The monoisotopic (exact) mass is 273 g/mol. The Labute approximate surface area is 113 Å². The molecule has 1 N–H and O–H groups in total. The van der Waals surface area contributed by atoms with Gasteiger partial charge in [-0.05, 0) is 34.6 Å². The lowest BCUT2D eigenvalue weighted by Crippen LogP contribution is -2.52. The van der Waals surface area contributed by atoms with E-state index in [0.29, 0.717) is 6.61 Å². The molecular formula is C13H23NO5. The first kappa shape index (κ1) is 15.8. The average molecular weight is 273 g/mol. The Hall–Kier alpha value is -1.30. The first-order valence-electron chi connectivity index (χ1n) is 6.46. The van der Waals surface area contributed by atoms with Gasteiger partial charge in [-0.15, -0.1) is 0 Å². The van der Waals surface area contributed by atoms with E-state index in [-0.39, 0.29) is 19.1 Å². The molecule has 0 radical (unpaired) electrons. The number of carboxylic acid groups (broad SMARTS) is 1. The summed E-state index contributed by atoms with van der Waals surface area (Å²) in [5, 5.41) is 9.37. The molecule has 0 aliphatic carbocycles. The number of hydrogen-bond acceptors (Lipinski definition) is 4. The molecule has 1 saturated heterocycles. The maximum Gasteiger partial charge on any atom is 0.411 e. The zero-order valence-electron chi connectivity index (χ0n) is 12.2. The molecule has 0 bridgehead atoms. The van der Waals surface area contributed by atoms with Crippen LogP contribution in [0.4, 0.5) is 4.79 Å². The van der Waals surface area contributed by atoms with Gasteiger partial charge in [0.15, 0.2) is 0 Å². The summed E-state index contributed by atoms with van der Waals surface area (Å²) in [6.45, 7) is 9.35. The second-order valence-electron chi connectivity index (χ2n) is 5.95. The minimum Gasteiger partial charge on any atom is -0.480 e. The maximum atomic E-state index is 12.1. The molecule has 6 nitrogen and oxygen atoms in total. The molecule has 0 unspecified atom stereocenters. The summed E-state index contributed by atoms with van der Waals surface area (Å²) >= 11 is 0. The van der Waals surface area contributed by atoms with Gasteiger partial charge in [0.25, 0.3) is 0 Å². The van der Waals surface area contributed by atoms with Gasteiger partial charge < -0.3 is 14.6 Å². The summed E-state index contributed by atoms with van der Waals surface area (Å²) in [6.07, 6.45) is -0.603. The third kappa shape index (κ3) is 3.59. The number of rotatable bonds is 3. The van der Waals surface area contributed by atoms with Crippen LogP contribution < -0.4 is 0 Å². The highest BCUT2D eigenvalue weighted by molar-refractivity contribution is 5.85. The molecule has 0 aromatic heterocycles. The van der Waals surface area contributed by atoms with Gasteiger partial charge in [-0.1, -0.05) is 0 Å². The van der Waals surface area contributed by atoms with Crippen molar-refractivity contribution in [3.05, 3.63) is 0 Å². The SMILES string of the molecule is CCO[C@H]1CN(C(=O)OC(C)(C)C)[C@@](C)(C(=O)O)C1. The van der Waals surface area contributed by atoms with Gasteiger partial charge in [0.1, 0.15) is 11.1 Å². The van der Waals surface area contributed by atoms with Crippen molar-refractivity contribution in [1.29, 1.82) is 0 Å². The quantitative estimate of drug-likeness (QED) is 0.849. The molecule has 2 atom stereocenters. The van der Waals surface area contributed by atoms with Crippen LogP contribution >= 0.6 is 0 Å². The Morgan fingerprint density at radius 3 is 2.42 bits per heavy atom. The molecule has 1 amide bonds. The molecule has 0 spiro atoms. The van der Waals surface area contributed by atoms with Crippen LogP contribution in [-0.2, 0) is 14.3 Å². The van der Waals surface area contributed by atoms with Gasteiger partial charge >= 0.3 is 12.1 Å². The lowest BCUT2D eigenvalue weighted by atomic mass is 9.99. The van der Waals surface area contributed by atoms with Crippen molar-refractivity contribution >= 4 is 12.1 Å². The summed E-state index contributed by atoms with van der Waals surface area (Å²) in [6, 6.07) is 0. The van der Waals surface area contributed by atoms with E-state index in [1.165, 1.54) is 11.8 Å². The minimum absolute atomic E-state index is 0.242. The molecule has 0 aromatic rings. The third-order valence-electron chi connectivity index (χ3n) is 3.08. The summed E-state index contributed by atoms with van der Waals surface area (Å²) < 4.78 is 10.7. The summed E-state index contributed by atoms with van der Waals surface area (Å²) in [4.78, 5) is 24.8. The van der Waals surface area contributed by atoms with Crippen molar-refractivity contribution in [1.82, 2.24) is 4.90 Å². The number of hydrogen-bond donors (Lipinski definition) is 1. The molecule has 1 aliphatic rings. The zero-order valence-corrected chi connectivity index (χ0v) is 12.2. The van der Waals surface area contributed by atoms with Crippen LogP contribution in [0.15, 0.2) is 0 Å². The van der Waals surface area contributed by atoms with E-state index in [9.17, 15) is 14.7 Å². The van der Waals surface area contributed by atoms with Gasteiger partial charge in [-0.25, -0.2) is 9.59 Å². The highest BCUT2D eigenvalue weighted by Crippen LogP contribution is 2.32. The van der Waals surface area contributed by atoms with Crippen molar-refractivity contribution in [3.8, 4) is 0 Å². The van der Waals surface area contributed by atoms with Crippen LogP contribution in [0.3, 0.4) is 0 Å². The number of carbonyl (C=O) groups is 2. The normalized spacial score (nSPS) is 27.4. The van der Waals surface area contributed by atoms with Crippen molar-refractivity contribution in [3.63, 3.8) is 0 Å². The van der Waals surface area contributed by atoms with E-state index in [4.69, 9.17) is 9.47 Å². The smallest absolute Gasteiger partial charge is 0.411 e. The molecule has 0 saturated carbocycles. The first-order valence-corrected chi connectivity index (χ1v) is 6.46. The summed E-state index contributed by atoms with van der Waals surface area (Å²) in [7, 11) is 0. The maximum absolute atomic E-state index is 12.1. The number of nitrogens with zero attached hydrogens (tertiary/aromatic N) is 1. The van der Waals surface area contributed by atoms with E-state index >= 15 is 0 Å². The van der Waals surface area contributed by atoms with Crippen molar-refractivity contribution in [2.24, 2.45) is 0 Å². The molecule has 6 heteroatoms. The number of carboxylic acids is 1. The fourth-order valence-electron chi connectivity index (χ4n) is 2.17. The molecule has 110 valence electrons. The fourth-order valence-corrected chi connectivity index (χ4v) is 2.17. The number of likely N-dealkylation sites (tertiary alicyclic amines) is 1. The van der Waals surface area contributed by atoms with Gasteiger partial charge in [0.05, 0.1) is 12.6 Å². The van der Waals surface area contributed by atoms with Crippen molar-refractivity contribution < 1.29 is 24.2 Å². The molecule has 1 heterocycles. The Bertz CT molecular complexity index is 363. The summed E-state index contributed by atoms with van der Waals surface area (Å²) in [5.74, 6) is -1.04. The lowest BCUT2D eigenvalue weighted by molar-refractivity contribution is -0.148. The average Bonchev–Trinajstić information content (AvgIpc) is 2.55. The molecule has 1 fully saturated rings. The minimum atomic E-state index is -1.28. The highest BCUT2D eigenvalue weighted by atomic mass is 16.6. The lowest BCUT2D eigenvalue weighted by Gasteiger charge is -2.32. The standard InChI is InChI=1S/C13H23NO5/c1-6-18-9-7-13(5,10(15)16)14(8-9)11(17)19-12(2,3)4/h9H,6-8H2,1-5H3,(H,15,16)/t9-,13-/m1/s1. The molecule has 19 heavy (non-hydrogen) atoms. The predicted molar refractivity (Wildman–Crippen MR) is 69.0 cm³/mol. The third-order valence-corrected chi connectivity index (χ3v) is 3.08. The van der Waals surface area contributed by atoms with Gasteiger partial charge in [-0.2, -0.15) is 0 Å².